The molecule has 2 aliphatic heterocycles. The minimum absolute atomic E-state index is 0. The van der Waals surface area contributed by atoms with Gasteiger partial charge in [0.25, 0.3) is 5.24 Å². The van der Waals surface area contributed by atoms with E-state index < -0.39 is 0 Å². The number of carbonyl (C=O) groups excluding carboxylic acids is 2. The van der Waals surface area contributed by atoms with Crippen molar-refractivity contribution in [1.29, 1.82) is 0 Å². The first kappa shape index (κ1) is 14.6. The molecule has 0 radical (unpaired) electrons. The van der Waals surface area contributed by atoms with Gasteiger partial charge in [0.1, 0.15) is 6.04 Å². The van der Waals surface area contributed by atoms with Crippen molar-refractivity contribution in [3.05, 3.63) is 0 Å². The lowest BCUT2D eigenvalue weighted by atomic mass is 10.1. The first-order valence-electron chi connectivity index (χ1n) is 5.67. The van der Waals surface area contributed by atoms with Crippen LogP contribution in [-0.4, -0.2) is 42.6 Å². The summed E-state index contributed by atoms with van der Waals surface area (Å²) in [6.07, 6.45) is 2.22. The molecule has 2 rings (SSSR count). The van der Waals surface area contributed by atoms with Gasteiger partial charge in [-0.25, -0.2) is 0 Å². The summed E-state index contributed by atoms with van der Waals surface area (Å²) >= 11 is 1.17. The normalized spacial score (nSPS) is 27.4. The van der Waals surface area contributed by atoms with Crippen molar-refractivity contribution in [3.8, 4) is 0 Å². The molecule has 2 amide bonds. The highest BCUT2D eigenvalue weighted by molar-refractivity contribution is 8.14. The lowest BCUT2D eigenvalue weighted by Crippen LogP contribution is -2.43. The quantitative estimate of drug-likeness (QED) is 0.695. The Morgan fingerprint density at radius 3 is 2.94 bits per heavy atom. The zero-order chi connectivity index (χ0) is 11.4. The van der Waals surface area contributed by atoms with Crippen LogP contribution >= 0.6 is 24.2 Å². The van der Waals surface area contributed by atoms with Crippen LogP contribution in [-0.2, 0) is 4.79 Å². The number of rotatable bonds is 4. The minimum atomic E-state index is -0.334. The summed E-state index contributed by atoms with van der Waals surface area (Å²) in [6, 6.07) is -0.334. The van der Waals surface area contributed by atoms with Crippen LogP contribution in [0.15, 0.2) is 0 Å². The van der Waals surface area contributed by atoms with Crippen LogP contribution in [0.1, 0.15) is 12.8 Å². The maximum Gasteiger partial charge on any atom is 0.279 e. The van der Waals surface area contributed by atoms with E-state index in [2.05, 4.69) is 16.0 Å². The van der Waals surface area contributed by atoms with Gasteiger partial charge in [-0.05, 0) is 31.8 Å². The van der Waals surface area contributed by atoms with Gasteiger partial charge in [-0.3, -0.25) is 9.59 Å². The summed E-state index contributed by atoms with van der Waals surface area (Å²) in [6.45, 7) is 2.86. The SMILES string of the molecule is Cl.O=C1N[C@H](C(=O)NCCC2CCNC2)CS1. The number of halogens is 1. The Labute approximate surface area is 111 Å². The Morgan fingerprint density at radius 1 is 1.53 bits per heavy atom. The number of amides is 2. The molecule has 2 heterocycles. The minimum Gasteiger partial charge on any atom is -0.354 e. The molecule has 3 N–H and O–H groups in total. The fourth-order valence-electron chi connectivity index (χ4n) is 2.01. The summed E-state index contributed by atoms with van der Waals surface area (Å²) in [7, 11) is 0. The van der Waals surface area contributed by atoms with E-state index in [-0.39, 0.29) is 29.6 Å². The molecule has 98 valence electrons. The van der Waals surface area contributed by atoms with E-state index in [9.17, 15) is 9.59 Å². The number of thioether (sulfide) groups is 1. The molecule has 5 nitrogen and oxygen atoms in total. The summed E-state index contributed by atoms with van der Waals surface area (Å²) in [5, 5.41) is 8.71. The van der Waals surface area contributed by atoms with Crippen LogP contribution in [0.5, 0.6) is 0 Å². The van der Waals surface area contributed by atoms with Crippen LogP contribution in [0, 0.1) is 5.92 Å². The van der Waals surface area contributed by atoms with Gasteiger partial charge in [0.2, 0.25) is 5.91 Å². The van der Waals surface area contributed by atoms with Crippen molar-refractivity contribution in [3.63, 3.8) is 0 Å². The monoisotopic (exact) mass is 279 g/mol. The molecule has 2 atom stereocenters. The lowest BCUT2D eigenvalue weighted by Gasteiger charge is -2.12. The predicted octanol–water partition coefficient (Wildman–Crippen LogP) is 0.349. The zero-order valence-electron chi connectivity index (χ0n) is 9.53. The highest BCUT2D eigenvalue weighted by Gasteiger charge is 2.27. The Morgan fingerprint density at radius 2 is 2.35 bits per heavy atom. The van der Waals surface area contributed by atoms with E-state index in [1.165, 1.54) is 18.2 Å². The third-order valence-electron chi connectivity index (χ3n) is 3.00. The van der Waals surface area contributed by atoms with Gasteiger partial charge in [-0.15, -0.1) is 12.4 Å². The van der Waals surface area contributed by atoms with E-state index in [0.29, 0.717) is 18.2 Å². The maximum atomic E-state index is 11.6. The van der Waals surface area contributed by atoms with Gasteiger partial charge in [0, 0.05) is 12.3 Å². The molecule has 17 heavy (non-hydrogen) atoms. The number of hydrogen-bond acceptors (Lipinski definition) is 4. The number of hydrogen-bond donors (Lipinski definition) is 3. The lowest BCUT2D eigenvalue weighted by molar-refractivity contribution is -0.122. The molecule has 0 spiro atoms. The second kappa shape index (κ2) is 7.08. The molecular formula is C10H18ClN3O2S. The number of nitrogens with one attached hydrogen (secondary N) is 3. The molecule has 2 aliphatic rings. The van der Waals surface area contributed by atoms with E-state index in [4.69, 9.17) is 0 Å². The molecule has 0 bridgehead atoms. The predicted molar refractivity (Wildman–Crippen MR) is 70.6 cm³/mol. The van der Waals surface area contributed by atoms with Gasteiger partial charge in [-0.2, -0.15) is 0 Å². The third kappa shape index (κ3) is 4.37. The average Bonchev–Trinajstić information content (AvgIpc) is 2.89. The summed E-state index contributed by atoms with van der Waals surface area (Å²) < 4.78 is 0. The van der Waals surface area contributed by atoms with Gasteiger partial charge in [0.15, 0.2) is 0 Å². The summed E-state index contributed by atoms with van der Waals surface area (Å²) in [5.41, 5.74) is 0. The second-order valence-corrected chi connectivity index (χ2v) is 5.23. The van der Waals surface area contributed by atoms with Crippen molar-refractivity contribution in [2.24, 2.45) is 5.92 Å². The molecule has 0 aromatic rings. The largest absolute Gasteiger partial charge is 0.354 e. The standard InChI is InChI=1S/C10H17N3O2S.ClH/c14-9(8-6-16-10(15)13-8)12-4-2-7-1-3-11-5-7;/h7-8,11H,1-6H2,(H,12,14)(H,13,15);1H/t7?,8-;/m0./s1. The zero-order valence-corrected chi connectivity index (χ0v) is 11.2. The van der Waals surface area contributed by atoms with Gasteiger partial charge in [-0.1, -0.05) is 11.8 Å². The number of carbonyl (C=O) groups is 2. The molecule has 0 aliphatic carbocycles. The Bertz CT molecular complexity index is 285. The van der Waals surface area contributed by atoms with Crippen LogP contribution in [0.2, 0.25) is 0 Å². The van der Waals surface area contributed by atoms with Gasteiger partial charge >= 0.3 is 0 Å². The van der Waals surface area contributed by atoms with Crippen LogP contribution < -0.4 is 16.0 Å². The van der Waals surface area contributed by atoms with Crippen LogP contribution in [0.3, 0.4) is 0 Å². The van der Waals surface area contributed by atoms with Crippen molar-refractivity contribution in [2.45, 2.75) is 18.9 Å². The highest BCUT2D eigenvalue weighted by Crippen LogP contribution is 2.13. The molecule has 7 heteroatoms. The highest BCUT2D eigenvalue weighted by atomic mass is 35.5. The Balaban J connectivity index is 0.00000144. The van der Waals surface area contributed by atoms with Gasteiger partial charge < -0.3 is 16.0 Å². The van der Waals surface area contributed by atoms with Crippen molar-refractivity contribution >= 4 is 35.3 Å². The van der Waals surface area contributed by atoms with E-state index >= 15 is 0 Å². The first-order chi connectivity index (χ1) is 7.75. The summed E-state index contributed by atoms with van der Waals surface area (Å²) in [4.78, 5) is 22.5. The van der Waals surface area contributed by atoms with E-state index in [0.717, 1.165) is 19.5 Å². The van der Waals surface area contributed by atoms with Crippen molar-refractivity contribution in [1.82, 2.24) is 16.0 Å². The van der Waals surface area contributed by atoms with Gasteiger partial charge in [0.05, 0.1) is 0 Å². The van der Waals surface area contributed by atoms with Crippen LogP contribution in [0.4, 0.5) is 4.79 Å². The van der Waals surface area contributed by atoms with Crippen LogP contribution in [0.25, 0.3) is 0 Å². The molecule has 0 aromatic carbocycles. The molecular weight excluding hydrogens is 262 g/mol. The Kier molecular flexibility index (Phi) is 6.08. The van der Waals surface area contributed by atoms with Crippen molar-refractivity contribution in [2.75, 3.05) is 25.4 Å². The first-order valence-corrected chi connectivity index (χ1v) is 6.66. The smallest absolute Gasteiger partial charge is 0.279 e. The van der Waals surface area contributed by atoms with E-state index in [1.807, 2.05) is 0 Å². The fraction of sp³-hybridized carbons (Fsp3) is 0.800. The van der Waals surface area contributed by atoms with E-state index in [1.54, 1.807) is 0 Å². The molecule has 0 aromatic heterocycles. The van der Waals surface area contributed by atoms with Crippen molar-refractivity contribution < 1.29 is 9.59 Å². The molecule has 0 saturated carbocycles. The molecule has 1 unspecified atom stereocenters. The molecule has 2 saturated heterocycles. The third-order valence-corrected chi connectivity index (χ3v) is 3.88. The Hall–Kier alpha value is -0.460. The maximum absolute atomic E-state index is 11.6. The topological polar surface area (TPSA) is 70.2 Å². The molecule has 2 fully saturated rings. The summed E-state index contributed by atoms with van der Waals surface area (Å²) in [5.74, 6) is 1.19. The second-order valence-electron chi connectivity index (χ2n) is 4.23. The average molecular weight is 280 g/mol. The fourth-order valence-corrected chi connectivity index (χ4v) is 2.79.